The number of rotatable bonds is 11. The lowest BCUT2D eigenvalue weighted by Gasteiger charge is -2.30. The van der Waals surface area contributed by atoms with Gasteiger partial charge in [0, 0.05) is 12.1 Å². The van der Waals surface area contributed by atoms with Gasteiger partial charge in [-0.3, -0.25) is 9.10 Å². The average molecular weight is 435 g/mol. The Morgan fingerprint density at radius 1 is 1.00 bits per heavy atom. The van der Waals surface area contributed by atoms with Gasteiger partial charge < -0.3 is 14.8 Å². The van der Waals surface area contributed by atoms with E-state index in [1.165, 1.54) is 0 Å². The van der Waals surface area contributed by atoms with Gasteiger partial charge in [0.15, 0.2) is 0 Å². The van der Waals surface area contributed by atoms with Crippen LogP contribution in [0.2, 0.25) is 0 Å². The molecule has 0 unspecified atom stereocenters. The molecule has 8 heteroatoms. The third-order valence-corrected chi connectivity index (χ3v) is 5.64. The number of amides is 1. The van der Waals surface area contributed by atoms with Gasteiger partial charge in [0.1, 0.15) is 17.5 Å². The molecule has 30 heavy (non-hydrogen) atoms. The second-order valence-electron chi connectivity index (χ2n) is 6.67. The van der Waals surface area contributed by atoms with Crippen LogP contribution in [0.1, 0.15) is 32.8 Å². The van der Waals surface area contributed by atoms with E-state index in [2.05, 4.69) is 5.32 Å². The maximum atomic E-state index is 13.0. The van der Waals surface area contributed by atoms with Gasteiger partial charge in [0.25, 0.3) is 0 Å². The van der Waals surface area contributed by atoms with Crippen LogP contribution in [0.4, 0.5) is 5.69 Å². The summed E-state index contributed by atoms with van der Waals surface area (Å²) in [4.78, 5) is 13.0. The predicted octanol–water partition coefficient (Wildman–Crippen LogP) is 3.35. The van der Waals surface area contributed by atoms with Gasteiger partial charge in [0.05, 0.1) is 25.2 Å². The molecule has 2 aromatic rings. The lowest BCUT2D eigenvalue weighted by Crippen LogP contribution is -2.49. The number of nitrogens with zero attached hydrogens (tertiary/aromatic N) is 1. The van der Waals surface area contributed by atoms with Gasteiger partial charge in [-0.2, -0.15) is 0 Å². The molecule has 0 heterocycles. The lowest BCUT2D eigenvalue weighted by atomic mass is 10.1. The monoisotopic (exact) mass is 434 g/mol. The van der Waals surface area contributed by atoms with Crippen LogP contribution in [-0.4, -0.2) is 39.8 Å². The summed E-state index contributed by atoms with van der Waals surface area (Å²) in [5.74, 6) is 0.961. The minimum absolute atomic E-state index is 0.242. The number of para-hydroxylation sites is 1. The van der Waals surface area contributed by atoms with Crippen molar-refractivity contribution in [1.29, 1.82) is 0 Å². The molecular formula is C22H30N2O5S. The SMILES string of the molecule is CCOc1ccc(N([C@@H](CC)C(=O)NCc2ccccc2OCC)S(C)(=O)=O)cc1. The molecule has 0 radical (unpaired) electrons. The fraction of sp³-hybridized carbons (Fsp3) is 0.409. The molecule has 0 bridgehead atoms. The Balaban J connectivity index is 2.23. The Bertz CT molecular complexity index is 929. The maximum Gasteiger partial charge on any atom is 0.244 e. The molecule has 2 aromatic carbocycles. The Hall–Kier alpha value is -2.74. The minimum Gasteiger partial charge on any atom is -0.494 e. The summed E-state index contributed by atoms with van der Waals surface area (Å²) < 4.78 is 37.3. The Labute approximate surface area is 179 Å². The zero-order valence-electron chi connectivity index (χ0n) is 17.9. The van der Waals surface area contributed by atoms with Gasteiger partial charge >= 0.3 is 0 Å². The maximum absolute atomic E-state index is 13.0. The summed E-state index contributed by atoms with van der Waals surface area (Å²) in [5.41, 5.74) is 1.24. The second kappa shape index (κ2) is 10.9. The first-order chi connectivity index (χ1) is 14.3. The van der Waals surface area contributed by atoms with E-state index in [1.54, 1.807) is 31.2 Å². The largest absolute Gasteiger partial charge is 0.494 e. The molecule has 0 aliphatic heterocycles. The van der Waals surface area contributed by atoms with Crippen LogP contribution in [0, 0.1) is 0 Å². The van der Waals surface area contributed by atoms with Crippen LogP contribution in [0.15, 0.2) is 48.5 Å². The van der Waals surface area contributed by atoms with E-state index in [0.29, 0.717) is 36.8 Å². The summed E-state index contributed by atoms with van der Waals surface area (Å²) >= 11 is 0. The third kappa shape index (κ3) is 6.13. The first-order valence-corrected chi connectivity index (χ1v) is 11.9. The van der Waals surface area contributed by atoms with Crippen molar-refractivity contribution >= 4 is 21.6 Å². The van der Waals surface area contributed by atoms with Crippen molar-refractivity contribution in [3.8, 4) is 11.5 Å². The number of anilines is 1. The van der Waals surface area contributed by atoms with Crippen molar-refractivity contribution in [2.75, 3.05) is 23.8 Å². The fourth-order valence-electron chi connectivity index (χ4n) is 3.16. The van der Waals surface area contributed by atoms with Crippen molar-refractivity contribution in [1.82, 2.24) is 5.32 Å². The van der Waals surface area contributed by atoms with Crippen LogP contribution < -0.4 is 19.1 Å². The minimum atomic E-state index is -3.69. The molecule has 1 atom stereocenters. The number of ether oxygens (including phenoxy) is 2. The Kier molecular flexibility index (Phi) is 8.53. The van der Waals surface area contributed by atoms with E-state index in [-0.39, 0.29) is 12.5 Å². The van der Waals surface area contributed by atoms with Crippen molar-refractivity contribution < 1.29 is 22.7 Å². The molecule has 7 nitrogen and oxygen atoms in total. The highest BCUT2D eigenvalue weighted by atomic mass is 32.2. The molecular weight excluding hydrogens is 404 g/mol. The van der Waals surface area contributed by atoms with E-state index < -0.39 is 16.1 Å². The highest BCUT2D eigenvalue weighted by molar-refractivity contribution is 7.92. The second-order valence-corrected chi connectivity index (χ2v) is 8.53. The van der Waals surface area contributed by atoms with Crippen molar-refractivity contribution in [2.45, 2.75) is 39.8 Å². The molecule has 0 fully saturated rings. The standard InChI is InChI=1S/C22H30N2O5S/c1-5-20(22(25)23-16-17-10-8-9-11-21(17)29-7-3)24(30(4,26)27)18-12-14-19(15-13-18)28-6-2/h8-15,20H,5-7,16H2,1-4H3,(H,23,25)/t20-/m0/s1. The quantitative estimate of drug-likeness (QED) is 0.586. The van der Waals surface area contributed by atoms with Crippen LogP contribution in [0.25, 0.3) is 0 Å². The zero-order valence-corrected chi connectivity index (χ0v) is 18.7. The van der Waals surface area contributed by atoms with Gasteiger partial charge in [-0.1, -0.05) is 25.1 Å². The number of nitrogens with one attached hydrogen (secondary N) is 1. The lowest BCUT2D eigenvalue weighted by molar-refractivity contribution is -0.122. The number of sulfonamides is 1. The molecule has 0 aromatic heterocycles. The van der Waals surface area contributed by atoms with E-state index >= 15 is 0 Å². The van der Waals surface area contributed by atoms with Gasteiger partial charge in [-0.25, -0.2) is 8.42 Å². The van der Waals surface area contributed by atoms with Crippen LogP contribution >= 0.6 is 0 Å². The smallest absolute Gasteiger partial charge is 0.244 e. The first-order valence-electron chi connectivity index (χ1n) is 10.0. The molecule has 0 saturated carbocycles. The molecule has 0 spiro atoms. The van der Waals surface area contributed by atoms with Crippen molar-refractivity contribution in [3.63, 3.8) is 0 Å². The number of carbonyl (C=O) groups is 1. The predicted molar refractivity (Wildman–Crippen MR) is 118 cm³/mol. The highest BCUT2D eigenvalue weighted by Gasteiger charge is 2.31. The van der Waals surface area contributed by atoms with Crippen LogP contribution in [0.5, 0.6) is 11.5 Å². The van der Waals surface area contributed by atoms with E-state index in [4.69, 9.17) is 9.47 Å². The average Bonchev–Trinajstić information content (AvgIpc) is 2.71. The molecule has 2 rings (SSSR count). The van der Waals surface area contributed by atoms with E-state index in [1.807, 2.05) is 38.1 Å². The molecule has 0 aliphatic rings. The van der Waals surface area contributed by atoms with Gasteiger partial charge in [-0.05, 0) is 50.6 Å². The summed E-state index contributed by atoms with van der Waals surface area (Å²) in [6.45, 7) is 6.82. The third-order valence-electron chi connectivity index (χ3n) is 4.46. The summed E-state index contributed by atoms with van der Waals surface area (Å²) in [7, 11) is -3.69. The van der Waals surface area contributed by atoms with Crippen molar-refractivity contribution in [3.05, 3.63) is 54.1 Å². The normalized spacial score (nSPS) is 12.1. The summed E-state index contributed by atoms with van der Waals surface area (Å²) in [6, 6.07) is 13.2. The topological polar surface area (TPSA) is 84.9 Å². The Morgan fingerprint density at radius 3 is 2.20 bits per heavy atom. The number of carbonyl (C=O) groups excluding carboxylic acids is 1. The molecule has 1 amide bonds. The number of hydrogen-bond acceptors (Lipinski definition) is 5. The number of benzene rings is 2. The molecule has 164 valence electrons. The zero-order chi connectivity index (χ0) is 22.1. The van der Waals surface area contributed by atoms with Crippen molar-refractivity contribution in [2.24, 2.45) is 0 Å². The Morgan fingerprint density at radius 2 is 1.63 bits per heavy atom. The summed E-state index contributed by atoms with van der Waals surface area (Å²) in [5, 5.41) is 2.85. The van der Waals surface area contributed by atoms with Gasteiger partial charge in [-0.15, -0.1) is 0 Å². The van der Waals surface area contributed by atoms with Gasteiger partial charge in [0.2, 0.25) is 15.9 Å². The molecule has 0 aliphatic carbocycles. The van der Waals surface area contributed by atoms with Crippen LogP contribution in [0.3, 0.4) is 0 Å². The van der Waals surface area contributed by atoms with E-state index in [9.17, 15) is 13.2 Å². The van der Waals surface area contributed by atoms with Crippen LogP contribution in [-0.2, 0) is 21.4 Å². The summed E-state index contributed by atoms with van der Waals surface area (Å²) in [6.07, 6.45) is 1.42. The molecule has 1 N–H and O–H groups in total. The highest BCUT2D eigenvalue weighted by Crippen LogP contribution is 2.25. The molecule has 0 saturated heterocycles. The number of hydrogen-bond donors (Lipinski definition) is 1. The van der Waals surface area contributed by atoms with E-state index in [0.717, 1.165) is 16.1 Å². The first kappa shape index (κ1) is 23.5. The fourth-order valence-corrected chi connectivity index (χ4v) is 4.37.